The van der Waals surface area contributed by atoms with Gasteiger partial charge in [0.05, 0.1) is 0 Å². The zero-order chi connectivity index (χ0) is 11.4. The number of hydrogen-bond acceptors (Lipinski definition) is 1. The SMILES string of the molecule is CCCCCCN(CCC)CCCCC. The Morgan fingerprint density at radius 2 is 1.07 bits per heavy atom. The molecular formula is C14H31N. The number of rotatable bonds is 11. The van der Waals surface area contributed by atoms with E-state index in [-0.39, 0.29) is 0 Å². The molecule has 15 heavy (non-hydrogen) atoms. The van der Waals surface area contributed by atoms with E-state index in [1.165, 1.54) is 71.0 Å². The van der Waals surface area contributed by atoms with Gasteiger partial charge in [-0.05, 0) is 38.9 Å². The molecule has 0 saturated heterocycles. The molecule has 1 nitrogen and oxygen atoms in total. The number of unbranched alkanes of at least 4 members (excludes halogenated alkanes) is 5. The van der Waals surface area contributed by atoms with Gasteiger partial charge >= 0.3 is 0 Å². The van der Waals surface area contributed by atoms with Gasteiger partial charge in [0, 0.05) is 0 Å². The quantitative estimate of drug-likeness (QED) is 0.458. The molecule has 0 aromatic carbocycles. The van der Waals surface area contributed by atoms with Crippen LogP contribution in [0.2, 0.25) is 0 Å². The van der Waals surface area contributed by atoms with E-state index in [9.17, 15) is 0 Å². The molecule has 92 valence electrons. The second-order valence-corrected chi connectivity index (χ2v) is 4.61. The minimum absolute atomic E-state index is 1.30. The van der Waals surface area contributed by atoms with Gasteiger partial charge < -0.3 is 4.90 Å². The van der Waals surface area contributed by atoms with E-state index in [2.05, 4.69) is 25.7 Å². The van der Waals surface area contributed by atoms with Crippen LogP contribution < -0.4 is 0 Å². The van der Waals surface area contributed by atoms with E-state index in [1.807, 2.05) is 0 Å². The largest absolute Gasteiger partial charge is 0.303 e. The van der Waals surface area contributed by atoms with Crippen molar-refractivity contribution in [2.45, 2.75) is 72.1 Å². The molecule has 1 heteroatoms. The molecule has 0 heterocycles. The van der Waals surface area contributed by atoms with Gasteiger partial charge in [0.15, 0.2) is 0 Å². The van der Waals surface area contributed by atoms with E-state index >= 15 is 0 Å². The van der Waals surface area contributed by atoms with Gasteiger partial charge in [-0.15, -0.1) is 0 Å². The minimum atomic E-state index is 1.30. The van der Waals surface area contributed by atoms with Crippen molar-refractivity contribution in [2.24, 2.45) is 0 Å². The maximum absolute atomic E-state index is 2.66. The van der Waals surface area contributed by atoms with Gasteiger partial charge in [0.2, 0.25) is 0 Å². The monoisotopic (exact) mass is 213 g/mol. The molecule has 0 atom stereocenters. The fraction of sp³-hybridized carbons (Fsp3) is 1.00. The lowest BCUT2D eigenvalue weighted by molar-refractivity contribution is 0.262. The van der Waals surface area contributed by atoms with Crippen LogP contribution in [0, 0.1) is 0 Å². The average molecular weight is 213 g/mol. The van der Waals surface area contributed by atoms with Crippen molar-refractivity contribution in [3.8, 4) is 0 Å². The fourth-order valence-corrected chi connectivity index (χ4v) is 2.00. The minimum Gasteiger partial charge on any atom is -0.303 e. The molecule has 0 aromatic heterocycles. The highest BCUT2D eigenvalue weighted by Gasteiger charge is 2.02. The molecule has 0 aromatic rings. The standard InChI is InChI=1S/C14H31N/c1-4-7-9-11-14-15(12-6-3)13-10-8-5-2/h4-14H2,1-3H3. The van der Waals surface area contributed by atoms with Crippen LogP contribution >= 0.6 is 0 Å². The first kappa shape index (κ1) is 15.0. The summed E-state index contributed by atoms with van der Waals surface area (Å²) in [6, 6.07) is 0. The molecule has 0 aliphatic heterocycles. The third kappa shape index (κ3) is 10.2. The Kier molecular flexibility index (Phi) is 12.0. The molecule has 0 rings (SSSR count). The summed E-state index contributed by atoms with van der Waals surface area (Å²) >= 11 is 0. The predicted molar refractivity (Wildman–Crippen MR) is 70.4 cm³/mol. The second kappa shape index (κ2) is 12.0. The van der Waals surface area contributed by atoms with E-state index < -0.39 is 0 Å². The summed E-state index contributed by atoms with van der Waals surface area (Å²) in [5, 5.41) is 0. The van der Waals surface area contributed by atoms with Crippen LogP contribution in [-0.2, 0) is 0 Å². The number of nitrogens with zero attached hydrogens (tertiary/aromatic N) is 1. The Balaban J connectivity index is 3.44. The van der Waals surface area contributed by atoms with Gasteiger partial charge in [-0.1, -0.05) is 52.9 Å². The third-order valence-corrected chi connectivity index (χ3v) is 2.95. The van der Waals surface area contributed by atoms with Crippen LogP contribution in [0.25, 0.3) is 0 Å². The van der Waals surface area contributed by atoms with Gasteiger partial charge in [-0.25, -0.2) is 0 Å². The molecular weight excluding hydrogens is 182 g/mol. The Bertz CT molecular complexity index is 112. The highest BCUT2D eigenvalue weighted by atomic mass is 15.1. The highest BCUT2D eigenvalue weighted by molar-refractivity contribution is 4.57. The lowest BCUT2D eigenvalue weighted by Gasteiger charge is -2.21. The van der Waals surface area contributed by atoms with Crippen molar-refractivity contribution in [1.82, 2.24) is 4.90 Å². The molecule has 0 amide bonds. The highest BCUT2D eigenvalue weighted by Crippen LogP contribution is 2.04. The van der Waals surface area contributed by atoms with Gasteiger partial charge in [-0.2, -0.15) is 0 Å². The molecule has 0 unspecified atom stereocenters. The van der Waals surface area contributed by atoms with Crippen molar-refractivity contribution < 1.29 is 0 Å². The lowest BCUT2D eigenvalue weighted by atomic mass is 10.2. The van der Waals surface area contributed by atoms with Crippen molar-refractivity contribution in [3.63, 3.8) is 0 Å². The summed E-state index contributed by atoms with van der Waals surface area (Å²) in [7, 11) is 0. The maximum atomic E-state index is 2.66. The van der Waals surface area contributed by atoms with Gasteiger partial charge in [0.25, 0.3) is 0 Å². The second-order valence-electron chi connectivity index (χ2n) is 4.61. The molecule has 0 N–H and O–H groups in total. The predicted octanol–water partition coefficient (Wildman–Crippen LogP) is 4.47. The first-order valence-electron chi connectivity index (χ1n) is 7.07. The van der Waals surface area contributed by atoms with Gasteiger partial charge in [-0.3, -0.25) is 0 Å². The van der Waals surface area contributed by atoms with Crippen LogP contribution in [0.1, 0.15) is 72.1 Å². The van der Waals surface area contributed by atoms with Crippen molar-refractivity contribution >= 4 is 0 Å². The van der Waals surface area contributed by atoms with E-state index in [4.69, 9.17) is 0 Å². The van der Waals surface area contributed by atoms with Crippen LogP contribution in [0.3, 0.4) is 0 Å². The Morgan fingerprint density at radius 3 is 1.60 bits per heavy atom. The average Bonchev–Trinajstić information content (AvgIpc) is 2.24. The molecule has 0 bridgehead atoms. The van der Waals surface area contributed by atoms with Crippen LogP contribution in [0.4, 0.5) is 0 Å². The maximum Gasteiger partial charge on any atom is -0.00187 e. The van der Waals surface area contributed by atoms with Crippen LogP contribution in [0.15, 0.2) is 0 Å². The smallest absolute Gasteiger partial charge is 0.00187 e. The van der Waals surface area contributed by atoms with E-state index in [1.54, 1.807) is 0 Å². The Labute approximate surface area is 97.2 Å². The van der Waals surface area contributed by atoms with Crippen molar-refractivity contribution in [2.75, 3.05) is 19.6 Å². The molecule has 0 spiro atoms. The summed E-state index contributed by atoms with van der Waals surface area (Å²) < 4.78 is 0. The first-order chi connectivity index (χ1) is 7.35. The molecule has 0 aliphatic carbocycles. The van der Waals surface area contributed by atoms with Crippen LogP contribution in [0.5, 0.6) is 0 Å². The van der Waals surface area contributed by atoms with E-state index in [0.29, 0.717) is 0 Å². The Morgan fingerprint density at radius 1 is 0.533 bits per heavy atom. The van der Waals surface area contributed by atoms with E-state index in [0.717, 1.165) is 0 Å². The zero-order valence-electron chi connectivity index (χ0n) is 11.2. The summed E-state index contributed by atoms with van der Waals surface area (Å²) in [6.45, 7) is 10.8. The fourth-order valence-electron chi connectivity index (χ4n) is 2.00. The topological polar surface area (TPSA) is 3.24 Å². The molecule has 0 fully saturated rings. The zero-order valence-corrected chi connectivity index (χ0v) is 11.2. The summed E-state index contributed by atoms with van der Waals surface area (Å²) in [6.07, 6.45) is 11.0. The summed E-state index contributed by atoms with van der Waals surface area (Å²) in [5.41, 5.74) is 0. The Hall–Kier alpha value is -0.0400. The van der Waals surface area contributed by atoms with Gasteiger partial charge in [0.1, 0.15) is 0 Å². The van der Waals surface area contributed by atoms with Crippen molar-refractivity contribution in [3.05, 3.63) is 0 Å². The third-order valence-electron chi connectivity index (χ3n) is 2.95. The molecule has 0 radical (unpaired) electrons. The normalized spacial score (nSPS) is 11.2. The summed E-state index contributed by atoms with van der Waals surface area (Å²) in [4.78, 5) is 2.66. The lowest BCUT2D eigenvalue weighted by Crippen LogP contribution is -2.26. The summed E-state index contributed by atoms with van der Waals surface area (Å²) in [5.74, 6) is 0. The first-order valence-corrected chi connectivity index (χ1v) is 7.07. The van der Waals surface area contributed by atoms with Crippen molar-refractivity contribution in [1.29, 1.82) is 0 Å². The molecule has 0 saturated carbocycles. The van der Waals surface area contributed by atoms with Crippen LogP contribution in [-0.4, -0.2) is 24.5 Å². The molecule has 0 aliphatic rings. The number of hydrogen-bond donors (Lipinski definition) is 0.